The van der Waals surface area contributed by atoms with Crippen molar-refractivity contribution in [2.24, 2.45) is 0 Å². The minimum atomic E-state index is -1.40. The molecular weight excluding hydrogens is 172 g/mol. The van der Waals surface area contributed by atoms with Crippen LogP contribution in [-0.2, 0) is 0 Å². The number of hydrogen-bond acceptors (Lipinski definition) is 0. The molecule has 0 aliphatic carbocycles. The van der Waals surface area contributed by atoms with Crippen LogP contribution < -0.4 is 0 Å². The topological polar surface area (TPSA) is 0 Å². The molecule has 0 aromatic carbocycles. The van der Waals surface area contributed by atoms with E-state index in [1.807, 2.05) is 0 Å². The van der Waals surface area contributed by atoms with Crippen molar-refractivity contribution in [3.63, 3.8) is 0 Å². The third-order valence-corrected chi connectivity index (χ3v) is 9.71. The molecule has 0 saturated carbocycles. The van der Waals surface area contributed by atoms with Gasteiger partial charge < -0.3 is 0 Å². The first-order valence-corrected chi connectivity index (χ1v) is 7.23. The third-order valence-electron chi connectivity index (χ3n) is 3.31. The summed E-state index contributed by atoms with van der Waals surface area (Å²) in [5.41, 5.74) is 4.99. The van der Waals surface area contributed by atoms with Gasteiger partial charge in [-0.2, -0.15) is 0 Å². The van der Waals surface area contributed by atoms with E-state index in [1.165, 1.54) is 0 Å². The van der Waals surface area contributed by atoms with Crippen molar-refractivity contribution in [2.75, 3.05) is 0 Å². The van der Waals surface area contributed by atoms with Crippen LogP contribution >= 0.6 is 0 Å². The smallest absolute Gasteiger partial charge is 0.0896 e. The van der Waals surface area contributed by atoms with Crippen molar-refractivity contribution in [3.05, 3.63) is 23.6 Å². The minimum absolute atomic E-state index is 0.425. The van der Waals surface area contributed by atoms with Gasteiger partial charge in [0.15, 0.2) is 0 Å². The van der Waals surface area contributed by atoms with Crippen molar-refractivity contribution >= 4 is 8.07 Å². The average molecular weight is 194 g/mol. The summed E-state index contributed by atoms with van der Waals surface area (Å²) >= 11 is 0. The Balaban J connectivity index is 3.19. The van der Waals surface area contributed by atoms with Gasteiger partial charge >= 0.3 is 0 Å². The molecule has 0 aromatic heterocycles. The Hall–Kier alpha value is -0.303. The van der Waals surface area contributed by atoms with Gasteiger partial charge in [0.25, 0.3) is 0 Å². The van der Waals surface area contributed by atoms with Gasteiger partial charge in [-0.1, -0.05) is 65.1 Å². The lowest BCUT2D eigenvalue weighted by molar-refractivity contribution is 0.635. The van der Waals surface area contributed by atoms with Crippen LogP contribution in [0.3, 0.4) is 0 Å². The van der Waals surface area contributed by atoms with Crippen molar-refractivity contribution in [1.29, 1.82) is 0 Å². The zero-order valence-corrected chi connectivity index (χ0v) is 10.8. The van der Waals surface area contributed by atoms with E-state index in [0.29, 0.717) is 10.1 Å². The Bertz CT molecular complexity index is 217. The molecule has 1 aliphatic rings. The maximum atomic E-state index is 2.49. The van der Waals surface area contributed by atoms with E-state index in [9.17, 15) is 0 Å². The van der Waals surface area contributed by atoms with Crippen LogP contribution in [0.4, 0.5) is 0 Å². The predicted molar refractivity (Wildman–Crippen MR) is 63.5 cm³/mol. The van der Waals surface area contributed by atoms with Crippen LogP contribution in [0.2, 0.25) is 10.1 Å². The maximum absolute atomic E-state index is 2.49. The molecule has 0 atom stereocenters. The van der Waals surface area contributed by atoms with Gasteiger partial charge in [0.2, 0.25) is 0 Å². The van der Waals surface area contributed by atoms with E-state index in [4.69, 9.17) is 0 Å². The lowest BCUT2D eigenvalue weighted by Crippen LogP contribution is -2.47. The highest BCUT2D eigenvalue weighted by Crippen LogP contribution is 2.53. The molecule has 0 saturated heterocycles. The summed E-state index contributed by atoms with van der Waals surface area (Å²) in [5.74, 6) is 0. The van der Waals surface area contributed by atoms with Gasteiger partial charge in [0.05, 0.1) is 0 Å². The molecule has 0 bridgehead atoms. The summed E-state index contributed by atoms with van der Waals surface area (Å²) in [7, 11) is -1.40. The maximum Gasteiger partial charge on any atom is 0.112 e. The summed E-state index contributed by atoms with van der Waals surface area (Å²) in [6, 6.07) is 0. The highest BCUT2D eigenvalue weighted by molar-refractivity contribution is 6.94. The highest BCUT2D eigenvalue weighted by atomic mass is 28.3. The van der Waals surface area contributed by atoms with Crippen molar-refractivity contribution < 1.29 is 0 Å². The Labute approximate surface area is 83.7 Å². The number of hydrogen-bond donors (Lipinski definition) is 0. The summed E-state index contributed by atoms with van der Waals surface area (Å²) in [6.07, 6.45) is 4.48. The highest BCUT2D eigenvalue weighted by Gasteiger charge is 2.49. The summed E-state index contributed by atoms with van der Waals surface area (Å²) in [5, 5.41) is 0.851. The second-order valence-electron chi connectivity index (χ2n) is 6.09. The van der Waals surface area contributed by atoms with Gasteiger partial charge in [0.1, 0.15) is 8.07 Å². The van der Waals surface area contributed by atoms with E-state index >= 15 is 0 Å². The quantitative estimate of drug-likeness (QED) is 0.506. The first kappa shape index (κ1) is 10.8. The Kier molecular flexibility index (Phi) is 2.36. The minimum Gasteiger partial charge on any atom is -0.0896 e. The number of rotatable bonds is 0. The second kappa shape index (κ2) is 2.84. The summed E-state index contributed by atoms with van der Waals surface area (Å²) in [6.45, 7) is 14.3. The van der Waals surface area contributed by atoms with Gasteiger partial charge in [-0.25, -0.2) is 0 Å². The van der Waals surface area contributed by atoms with Crippen molar-refractivity contribution in [1.82, 2.24) is 0 Å². The molecule has 0 spiro atoms. The molecule has 0 nitrogen and oxygen atoms in total. The van der Waals surface area contributed by atoms with E-state index in [1.54, 1.807) is 0 Å². The molecule has 0 N–H and O–H groups in total. The average Bonchev–Trinajstić information content (AvgIpc) is 2.28. The normalized spacial score (nSPS) is 21.1. The largest absolute Gasteiger partial charge is 0.112 e. The molecule has 0 aromatic rings. The molecule has 0 unspecified atom stereocenters. The van der Waals surface area contributed by atoms with Crippen LogP contribution in [-0.4, -0.2) is 8.07 Å². The summed E-state index contributed by atoms with van der Waals surface area (Å²) < 4.78 is 0. The van der Waals surface area contributed by atoms with Crippen LogP contribution in [0.1, 0.15) is 41.5 Å². The molecule has 1 heteroatoms. The Morgan fingerprint density at radius 1 is 0.692 bits per heavy atom. The fraction of sp³-hybridized carbons (Fsp3) is 0.667. The van der Waals surface area contributed by atoms with Crippen LogP contribution in [0, 0.1) is 0 Å². The molecule has 1 rings (SSSR count). The van der Waals surface area contributed by atoms with Gasteiger partial charge in [-0.05, 0) is 10.1 Å². The van der Waals surface area contributed by atoms with Crippen molar-refractivity contribution in [3.8, 4) is 0 Å². The van der Waals surface area contributed by atoms with Gasteiger partial charge in [0, 0.05) is 0 Å². The molecule has 74 valence electrons. The fourth-order valence-corrected chi connectivity index (χ4v) is 7.79. The third kappa shape index (κ3) is 1.54. The molecule has 0 amide bonds. The van der Waals surface area contributed by atoms with E-state index in [-0.39, 0.29) is 0 Å². The van der Waals surface area contributed by atoms with Gasteiger partial charge in [-0.3, -0.25) is 0 Å². The zero-order valence-electron chi connectivity index (χ0n) is 9.81. The molecule has 0 radical (unpaired) electrons. The fourth-order valence-electron chi connectivity index (χ4n) is 2.60. The van der Waals surface area contributed by atoms with E-state index in [2.05, 4.69) is 65.1 Å². The SMILES string of the molecule is CC(C)(C)[Si]1(C(C)(C)C)C=CC=C1. The van der Waals surface area contributed by atoms with E-state index in [0.717, 1.165) is 0 Å². The predicted octanol–water partition coefficient (Wildman–Crippen LogP) is 4.24. The van der Waals surface area contributed by atoms with Gasteiger partial charge in [-0.15, -0.1) is 0 Å². The van der Waals surface area contributed by atoms with Crippen LogP contribution in [0.15, 0.2) is 23.6 Å². The summed E-state index contributed by atoms with van der Waals surface area (Å²) in [4.78, 5) is 0. The Morgan fingerprint density at radius 2 is 1.00 bits per heavy atom. The lowest BCUT2D eigenvalue weighted by atomic mass is 10.2. The molecule has 1 aliphatic heterocycles. The molecule has 0 fully saturated rings. The standard InChI is InChI=1S/C12H22Si/c1-11(2,3)13(12(4,5)6)9-7-8-10-13/h7-10H,1-6H3. The first-order valence-electron chi connectivity index (χ1n) is 5.08. The van der Waals surface area contributed by atoms with Crippen molar-refractivity contribution in [2.45, 2.75) is 51.6 Å². The molecular formula is C12H22Si. The molecule has 1 heterocycles. The monoisotopic (exact) mass is 194 g/mol. The second-order valence-corrected chi connectivity index (χ2v) is 11.5. The molecule has 13 heavy (non-hydrogen) atoms. The first-order chi connectivity index (χ1) is 5.71. The zero-order chi connectivity index (χ0) is 10.3. The van der Waals surface area contributed by atoms with Crippen LogP contribution in [0.5, 0.6) is 0 Å². The lowest BCUT2D eigenvalue weighted by Gasteiger charge is -2.47. The van der Waals surface area contributed by atoms with E-state index < -0.39 is 8.07 Å². The Morgan fingerprint density at radius 3 is 1.15 bits per heavy atom. The van der Waals surface area contributed by atoms with Crippen LogP contribution in [0.25, 0.3) is 0 Å². The number of allylic oxidation sites excluding steroid dienone is 2.